The molecule has 0 atom stereocenters. The minimum Gasteiger partial charge on any atom is -0.462 e. The van der Waals surface area contributed by atoms with Gasteiger partial charge in [-0.1, -0.05) is 11.6 Å². The molecule has 0 aliphatic carbocycles. The number of nitriles is 1. The molecule has 1 N–H and O–H groups in total. The number of halogens is 1. The fraction of sp³-hybridized carbons (Fsp3) is 0.273. The van der Waals surface area contributed by atoms with E-state index in [0.29, 0.717) is 5.56 Å². The summed E-state index contributed by atoms with van der Waals surface area (Å²) < 4.78 is 4.79. The molecule has 1 aromatic rings. The normalized spacial score (nSPS) is 9.62. The van der Waals surface area contributed by atoms with Crippen molar-refractivity contribution in [2.45, 2.75) is 13.5 Å². The number of esters is 1. The molecule has 0 bridgehead atoms. The molecule has 5 heteroatoms. The molecule has 4 nitrogen and oxygen atoms in total. The van der Waals surface area contributed by atoms with Crippen LogP contribution in [0.5, 0.6) is 0 Å². The minimum atomic E-state index is -0.563. The van der Waals surface area contributed by atoms with Gasteiger partial charge < -0.3 is 9.84 Å². The fourth-order valence-corrected chi connectivity index (χ4v) is 1.46. The lowest BCUT2D eigenvalue weighted by Crippen LogP contribution is -2.07. The number of hydrogen-bond donors (Lipinski definition) is 1. The highest BCUT2D eigenvalue weighted by Gasteiger charge is 2.15. The third-order valence-corrected chi connectivity index (χ3v) is 2.29. The van der Waals surface area contributed by atoms with Crippen LogP contribution in [-0.4, -0.2) is 17.7 Å². The summed E-state index contributed by atoms with van der Waals surface area (Å²) in [6, 6.07) is 4.61. The van der Waals surface area contributed by atoms with E-state index in [-0.39, 0.29) is 29.4 Å². The van der Waals surface area contributed by atoms with E-state index in [4.69, 9.17) is 26.7 Å². The zero-order valence-corrected chi connectivity index (χ0v) is 9.41. The van der Waals surface area contributed by atoms with E-state index in [9.17, 15) is 4.79 Å². The Labute approximate surface area is 98.0 Å². The summed E-state index contributed by atoms with van der Waals surface area (Å²) in [4.78, 5) is 11.5. The standard InChI is InChI=1S/C11H10ClNO3/c1-2-16-11(15)9-3-8(6-14)7(5-13)4-10(9)12/h3-4,14H,2,6H2,1H3. The Hall–Kier alpha value is -1.57. The SMILES string of the molecule is CCOC(=O)c1cc(CO)c(C#N)cc1Cl. The second-order valence-corrected chi connectivity index (χ2v) is 3.39. The van der Waals surface area contributed by atoms with Crippen LogP contribution in [0.4, 0.5) is 0 Å². The topological polar surface area (TPSA) is 70.3 Å². The Balaban J connectivity index is 3.22. The molecule has 0 aliphatic rings. The molecule has 0 spiro atoms. The van der Waals surface area contributed by atoms with Gasteiger partial charge in [-0.15, -0.1) is 0 Å². The van der Waals surface area contributed by atoms with Crippen molar-refractivity contribution in [3.63, 3.8) is 0 Å². The summed E-state index contributed by atoms with van der Waals surface area (Å²) in [7, 11) is 0. The first kappa shape index (κ1) is 12.5. The predicted octanol–water partition coefficient (Wildman–Crippen LogP) is 1.88. The zero-order valence-electron chi connectivity index (χ0n) is 8.66. The third kappa shape index (κ3) is 2.51. The van der Waals surface area contributed by atoms with E-state index in [1.807, 2.05) is 6.07 Å². The first-order valence-corrected chi connectivity index (χ1v) is 5.02. The highest BCUT2D eigenvalue weighted by atomic mass is 35.5. The maximum absolute atomic E-state index is 11.5. The highest BCUT2D eigenvalue weighted by Crippen LogP contribution is 2.22. The number of aliphatic hydroxyl groups is 1. The molecule has 0 saturated heterocycles. The van der Waals surface area contributed by atoms with Crippen molar-refractivity contribution < 1.29 is 14.6 Å². The fourth-order valence-electron chi connectivity index (χ4n) is 1.22. The maximum Gasteiger partial charge on any atom is 0.339 e. The number of aliphatic hydroxyl groups excluding tert-OH is 1. The number of carbonyl (C=O) groups is 1. The lowest BCUT2D eigenvalue weighted by molar-refractivity contribution is 0.0526. The molecule has 0 unspecified atom stereocenters. The van der Waals surface area contributed by atoms with Crippen LogP contribution in [0.15, 0.2) is 12.1 Å². The van der Waals surface area contributed by atoms with Crippen molar-refractivity contribution >= 4 is 17.6 Å². The van der Waals surface area contributed by atoms with Crippen molar-refractivity contribution in [3.8, 4) is 6.07 Å². The van der Waals surface area contributed by atoms with Crippen LogP contribution in [0, 0.1) is 11.3 Å². The Bertz CT molecular complexity index is 451. The molecule has 0 aliphatic heterocycles. The van der Waals surface area contributed by atoms with E-state index in [1.54, 1.807) is 6.92 Å². The number of benzene rings is 1. The largest absolute Gasteiger partial charge is 0.462 e. The second kappa shape index (κ2) is 5.50. The van der Waals surface area contributed by atoms with Crippen LogP contribution in [-0.2, 0) is 11.3 Å². The average Bonchev–Trinajstić information content (AvgIpc) is 2.28. The molecule has 0 fully saturated rings. The summed E-state index contributed by atoms with van der Waals surface area (Å²) in [5.41, 5.74) is 0.766. The van der Waals surface area contributed by atoms with Gasteiger partial charge in [0, 0.05) is 0 Å². The Morgan fingerprint density at radius 2 is 2.31 bits per heavy atom. The average molecular weight is 240 g/mol. The number of carbonyl (C=O) groups excluding carboxylic acids is 1. The Morgan fingerprint density at radius 1 is 1.62 bits per heavy atom. The summed E-state index contributed by atoms with van der Waals surface area (Å²) >= 11 is 5.83. The van der Waals surface area contributed by atoms with E-state index < -0.39 is 5.97 Å². The van der Waals surface area contributed by atoms with Crippen LogP contribution in [0.1, 0.15) is 28.4 Å². The van der Waals surface area contributed by atoms with Crippen molar-refractivity contribution in [1.82, 2.24) is 0 Å². The molecule has 84 valence electrons. The number of rotatable bonds is 3. The first-order valence-electron chi connectivity index (χ1n) is 4.64. The second-order valence-electron chi connectivity index (χ2n) is 2.98. The summed E-state index contributed by atoms with van der Waals surface area (Å²) in [5, 5.41) is 17.9. The molecule has 16 heavy (non-hydrogen) atoms. The van der Waals surface area contributed by atoms with Crippen molar-refractivity contribution in [1.29, 1.82) is 5.26 Å². The zero-order chi connectivity index (χ0) is 12.1. The van der Waals surface area contributed by atoms with Crippen LogP contribution < -0.4 is 0 Å². The smallest absolute Gasteiger partial charge is 0.339 e. The quantitative estimate of drug-likeness (QED) is 0.818. The Kier molecular flexibility index (Phi) is 4.29. The Morgan fingerprint density at radius 3 is 2.81 bits per heavy atom. The highest BCUT2D eigenvalue weighted by molar-refractivity contribution is 6.33. The number of nitrogens with zero attached hydrogens (tertiary/aromatic N) is 1. The molecule has 1 aromatic carbocycles. The van der Waals surface area contributed by atoms with Gasteiger partial charge in [-0.3, -0.25) is 0 Å². The van der Waals surface area contributed by atoms with E-state index in [1.165, 1.54) is 12.1 Å². The molecule has 0 aromatic heterocycles. The van der Waals surface area contributed by atoms with Gasteiger partial charge in [0.2, 0.25) is 0 Å². The van der Waals surface area contributed by atoms with Gasteiger partial charge in [0.1, 0.15) is 0 Å². The molecule has 0 amide bonds. The van der Waals surface area contributed by atoms with Crippen molar-refractivity contribution in [2.24, 2.45) is 0 Å². The van der Waals surface area contributed by atoms with Gasteiger partial charge in [0.05, 0.1) is 35.4 Å². The summed E-state index contributed by atoms with van der Waals surface area (Å²) in [5.74, 6) is -0.563. The lowest BCUT2D eigenvalue weighted by atomic mass is 10.1. The number of ether oxygens (including phenoxy) is 1. The van der Waals surface area contributed by atoms with E-state index in [2.05, 4.69) is 0 Å². The molecule has 0 radical (unpaired) electrons. The van der Waals surface area contributed by atoms with Crippen LogP contribution in [0.3, 0.4) is 0 Å². The van der Waals surface area contributed by atoms with Gasteiger partial charge in [-0.2, -0.15) is 5.26 Å². The monoisotopic (exact) mass is 239 g/mol. The van der Waals surface area contributed by atoms with Gasteiger partial charge in [0.15, 0.2) is 0 Å². The van der Waals surface area contributed by atoms with Crippen molar-refractivity contribution in [3.05, 3.63) is 33.8 Å². The minimum absolute atomic E-state index is 0.146. The molecule has 0 saturated carbocycles. The number of hydrogen-bond acceptors (Lipinski definition) is 4. The molecular weight excluding hydrogens is 230 g/mol. The van der Waals surface area contributed by atoms with Gasteiger partial charge in [0.25, 0.3) is 0 Å². The molecule has 0 heterocycles. The summed E-state index contributed by atoms with van der Waals surface area (Å²) in [6.45, 7) is 1.60. The van der Waals surface area contributed by atoms with Crippen LogP contribution in [0.2, 0.25) is 5.02 Å². The first-order chi connectivity index (χ1) is 7.63. The third-order valence-electron chi connectivity index (χ3n) is 1.98. The van der Waals surface area contributed by atoms with Crippen LogP contribution >= 0.6 is 11.6 Å². The molecular formula is C11H10ClNO3. The van der Waals surface area contributed by atoms with Crippen LogP contribution in [0.25, 0.3) is 0 Å². The van der Waals surface area contributed by atoms with Gasteiger partial charge in [-0.05, 0) is 24.6 Å². The maximum atomic E-state index is 11.5. The van der Waals surface area contributed by atoms with Gasteiger partial charge >= 0.3 is 5.97 Å². The van der Waals surface area contributed by atoms with Gasteiger partial charge in [-0.25, -0.2) is 4.79 Å². The van der Waals surface area contributed by atoms with Crippen molar-refractivity contribution in [2.75, 3.05) is 6.61 Å². The van der Waals surface area contributed by atoms with E-state index >= 15 is 0 Å². The summed E-state index contributed by atoms with van der Waals surface area (Å²) in [6.07, 6.45) is 0. The van der Waals surface area contributed by atoms with E-state index in [0.717, 1.165) is 0 Å². The lowest BCUT2D eigenvalue weighted by Gasteiger charge is -2.07. The molecule has 1 rings (SSSR count). The predicted molar refractivity (Wildman–Crippen MR) is 58.0 cm³/mol.